The van der Waals surface area contributed by atoms with E-state index in [4.69, 9.17) is 33.5 Å². The van der Waals surface area contributed by atoms with Crippen molar-refractivity contribution in [1.82, 2.24) is 4.98 Å². The fraction of sp³-hybridized carbons (Fsp3) is 0.294. The highest BCUT2D eigenvalue weighted by Gasteiger charge is 2.26. The Labute approximate surface area is 155 Å². The van der Waals surface area contributed by atoms with Crippen LogP contribution in [0.5, 0.6) is 0 Å². The minimum atomic E-state index is -0.558. The van der Waals surface area contributed by atoms with Crippen LogP contribution in [-0.2, 0) is 9.53 Å². The van der Waals surface area contributed by atoms with Gasteiger partial charge in [-0.05, 0) is 41.8 Å². The van der Waals surface area contributed by atoms with Crippen molar-refractivity contribution in [3.8, 4) is 0 Å². The summed E-state index contributed by atoms with van der Waals surface area (Å²) in [4.78, 5) is 18.9. The Bertz CT molecular complexity index is 776. The summed E-state index contributed by atoms with van der Waals surface area (Å²) in [7, 11) is 1.33. The minimum Gasteiger partial charge on any atom is -0.469 e. The van der Waals surface area contributed by atoms with Gasteiger partial charge in [0.25, 0.3) is 0 Å². The molecule has 0 unspecified atom stereocenters. The fourth-order valence-corrected chi connectivity index (χ4v) is 2.86. The number of hydrogen-bond acceptors (Lipinski definition) is 4. The number of methoxy groups -OCH3 is 1. The normalized spacial score (nSPS) is 12.8. The first-order valence-corrected chi connectivity index (χ1v) is 8.28. The quantitative estimate of drug-likeness (QED) is 0.276. The minimum absolute atomic E-state index is 0.167. The number of nitrogens with zero attached hydrogens (tertiary/aromatic N) is 4. The average Bonchev–Trinajstić information content (AvgIpc) is 2.61. The molecule has 0 radical (unpaired) electrons. The molecule has 0 spiro atoms. The van der Waals surface area contributed by atoms with Crippen LogP contribution in [0.15, 0.2) is 47.7 Å². The maximum Gasteiger partial charge on any atom is 0.305 e. The zero-order chi connectivity index (χ0) is 18.2. The zero-order valence-electron chi connectivity index (χ0n) is 13.5. The lowest BCUT2D eigenvalue weighted by atomic mass is 9.87. The summed E-state index contributed by atoms with van der Waals surface area (Å²) < 4.78 is 4.72. The van der Waals surface area contributed by atoms with Gasteiger partial charge in [-0.15, -0.1) is 0 Å². The molecule has 0 fully saturated rings. The van der Waals surface area contributed by atoms with E-state index in [1.807, 2.05) is 0 Å². The molecule has 1 aromatic heterocycles. The number of pyridine rings is 1. The first kappa shape index (κ1) is 19.1. The van der Waals surface area contributed by atoms with Gasteiger partial charge in [-0.2, -0.15) is 0 Å². The Morgan fingerprint density at radius 2 is 2.00 bits per heavy atom. The van der Waals surface area contributed by atoms with Crippen molar-refractivity contribution in [2.24, 2.45) is 5.11 Å². The predicted octanol–water partition coefficient (Wildman–Crippen LogP) is 5.48. The Kier molecular flexibility index (Phi) is 7.07. The lowest BCUT2D eigenvalue weighted by Gasteiger charge is -2.23. The van der Waals surface area contributed by atoms with Gasteiger partial charge in [0.15, 0.2) is 0 Å². The van der Waals surface area contributed by atoms with E-state index in [2.05, 4.69) is 15.0 Å². The van der Waals surface area contributed by atoms with Crippen molar-refractivity contribution in [2.75, 3.05) is 7.11 Å². The van der Waals surface area contributed by atoms with Crippen molar-refractivity contribution in [1.29, 1.82) is 0 Å². The van der Waals surface area contributed by atoms with Crippen LogP contribution in [0.2, 0.25) is 10.0 Å². The highest BCUT2D eigenvalue weighted by atomic mass is 35.5. The fourth-order valence-electron chi connectivity index (χ4n) is 2.56. The number of carbonyl (C=O) groups excluding carboxylic acids is 1. The lowest BCUT2D eigenvalue weighted by molar-refractivity contribution is -0.140. The maximum absolute atomic E-state index is 11.6. The Morgan fingerprint density at radius 3 is 2.60 bits per heavy atom. The molecule has 0 N–H and O–H groups in total. The third kappa shape index (κ3) is 5.36. The van der Waals surface area contributed by atoms with E-state index in [9.17, 15) is 4.79 Å². The van der Waals surface area contributed by atoms with Crippen LogP contribution in [0.4, 0.5) is 0 Å². The molecule has 0 amide bonds. The van der Waals surface area contributed by atoms with E-state index < -0.39 is 6.04 Å². The summed E-state index contributed by atoms with van der Waals surface area (Å²) in [5.74, 6) is -0.683. The number of azide groups is 1. The maximum atomic E-state index is 11.6. The molecule has 6 nitrogen and oxygen atoms in total. The Morgan fingerprint density at radius 1 is 1.28 bits per heavy atom. The van der Waals surface area contributed by atoms with E-state index in [-0.39, 0.29) is 18.3 Å². The molecule has 8 heteroatoms. The molecule has 0 saturated heterocycles. The Balaban J connectivity index is 2.43. The third-order valence-corrected chi connectivity index (χ3v) is 4.27. The molecule has 0 aliphatic heterocycles. The van der Waals surface area contributed by atoms with Crippen molar-refractivity contribution >= 4 is 29.2 Å². The number of aromatic nitrogens is 1. The van der Waals surface area contributed by atoms with Crippen molar-refractivity contribution in [2.45, 2.75) is 24.8 Å². The molecule has 2 atom stereocenters. The summed E-state index contributed by atoms with van der Waals surface area (Å²) in [6.45, 7) is 0. The number of rotatable bonds is 7. The zero-order valence-corrected chi connectivity index (χ0v) is 15.0. The number of halogens is 2. The highest BCUT2D eigenvalue weighted by Crippen LogP contribution is 2.38. The summed E-state index contributed by atoms with van der Waals surface area (Å²) in [6, 6.07) is 9.83. The van der Waals surface area contributed by atoms with Crippen LogP contribution in [-0.4, -0.2) is 18.1 Å². The van der Waals surface area contributed by atoms with Crippen LogP contribution >= 0.6 is 23.2 Å². The van der Waals surface area contributed by atoms with Crippen molar-refractivity contribution in [3.05, 3.63) is 74.3 Å². The number of esters is 1. The summed E-state index contributed by atoms with van der Waals surface area (Å²) in [5.41, 5.74) is 10.4. The second-order valence-electron chi connectivity index (χ2n) is 5.32. The highest BCUT2D eigenvalue weighted by molar-refractivity contribution is 6.30. The number of benzene rings is 1. The van der Waals surface area contributed by atoms with Crippen LogP contribution < -0.4 is 0 Å². The molecule has 1 aromatic carbocycles. The van der Waals surface area contributed by atoms with Gasteiger partial charge < -0.3 is 4.74 Å². The van der Waals surface area contributed by atoms with Crippen LogP contribution in [0, 0.1) is 0 Å². The van der Waals surface area contributed by atoms with Gasteiger partial charge in [-0.3, -0.25) is 9.78 Å². The van der Waals surface area contributed by atoms with E-state index in [0.29, 0.717) is 22.2 Å². The molecule has 25 heavy (non-hydrogen) atoms. The van der Waals surface area contributed by atoms with Crippen molar-refractivity contribution < 1.29 is 9.53 Å². The van der Waals surface area contributed by atoms with Gasteiger partial charge in [0, 0.05) is 39.2 Å². The van der Waals surface area contributed by atoms with Gasteiger partial charge in [-0.25, -0.2) is 0 Å². The van der Waals surface area contributed by atoms with Gasteiger partial charge in [0.05, 0.1) is 13.2 Å². The molecular weight excluding hydrogens is 363 g/mol. The second kappa shape index (κ2) is 9.28. The van der Waals surface area contributed by atoms with E-state index >= 15 is 0 Å². The first-order chi connectivity index (χ1) is 12.0. The smallest absolute Gasteiger partial charge is 0.305 e. The summed E-state index contributed by atoms with van der Waals surface area (Å²) in [5, 5.41) is 5.03. The molecular formula is C17H16Cl2N4O2. The average molecular weight is 379 g/mol. The molecule has 0 aliphatic rings. The molecule has 0 aliphatic carbocycles. The van der Waals surface area contributed by atoms with Gasteiger partial charge in [-0.1, -0.05) is 40.4 Å². The van der Waals surface area contributed by atoms with Crippen molar-refractivity contribution in [3.63, 3.8) is 0 Å². The summed E-state index contributed by atoms with van der Waals surface area (Å²) >= 11 is 12.0. The SMILES string of the molecule is COC(=O)CC[C@H](c1cc(Cl)ccn1)[C@H](N=[N+]=[N-])c1ccc(Cl)cc1. The topological polar surface area (TPSA) is 88.0 Å². The molecule has 0 saturated carbocycles. The second-order valence-corrected chi connectivity index (χ2v) is 6.19. The Hall–Kier alpha value is -2.27. The number of carbonyl (C=O) groups is 1. The number of hydrogen-bond donors (Lipinski definition) is 0. The monoisotopic (exact) mass is 378 g/mol. The van der Waals surface area contributed by atoms with Crippen LogP contribution in [0.25, 0.3) is 10.4 Å². The molecule has 130 valence electrons. The number of ether oxygens (including phenoxy) is 1. The largest absolute Gasteiger partial charge is 0.469 e. The summed E-state index contributed by atoms with van der Waals surface area (Å²) in [6.07, 6.45) is 2.14. The molecule has 0 bridgehead atoms. The van der Waals surface area contributed by atoms with Gasteiger partial charge in [0.1, 0.15) is 0 Å². The predicted molar refractivity (Wildman–Crippen MR) is 96.6 cm³/mol. The van der Waals surface area contributed by atoms with Crippen LogP contribution in [0.3, 0.4) is 0 Å². The molecule has 1 heterocycles. The van der Waals surface area contributed by atoms with E-state index in [0.717, 1.165) is 5.56 Å². The third-order valence-electron chi connectivity index (χ3n) is 3.78. The van der Waals surface area contributed by atoms with E-state index in [1.165, 1.54) is 7.11 Å². The molecule has 2 aromatic rings. The lowest BCUT2D eigenvalue weighted by Crippen LogP contribution is -2.13. The van der Waals surface area contributed by atoms with E-state index in [1.54, 1.807) is 42.6 Å². The standard InChI is InChI=1S/C17H16Cl2N4O2/c1-25-16(24)7-6-14(15-10-13(19)8-9-21-15)17(22-23-20)11-2-4-12(18)5-3-11/h2-5,8-10,14,17H,6-7H2,1H3/t14-,17-/m1/s1. The van der Waals surface area contributed by atoms with Crippen LogP contribution in [0.1, 0.15) is 36.1 Å². The molecule has 2 rings (SSSR count). The van der Waals surface area contributed by atoms with Gasteiger partial charge in [0.2, 0.25) is 0 Å². The first-order valence-electron chi connectivity index (χ1n) is 7.53. The van der Waals surface area contributed by atoms with Gasteiger partial charge >= 0.3 is 5.97 Å².